The molecule has 6 heteroatoms. The first-order valence-corrected chi connectivity index (χ1v) is 8.30. The summed E-state index contributed by atoms with van der Waals surface area (Å²) in [4.78, 5) is 24.9. The highest BCUT2D eigenvalue weighted by Crippen LogP contribution is 2.38. The number of benzene rings is 1. The Balaban J connectivity index is 1.68. The van der Waals surface area contributed by atoms with E-state index < -0.39 is 5.91 Å². The van der Waals surface area contributed by atoms with Crippen molar-refractivity contribution >= 4 is 28.2 Å². The normalized spacial score (nSPS) is 12.7. The molecular weight excluding hydrogens is 312 g/mol. The average Bonchev–Trinajstić information content (AvgIpc) is 3.05. The summed E-state index contributed by atoms with van der Waals surface area (Å²) in [5.74, 6) is -0.141. The monoisotopic (exact) mass is 330 g/mol. The van der Waals surface area contributed by atoms with Crippen molar-refractivity contribution in [1.29, 1.82) is 0 Å². The lowest BCUT2D eigenvalue weighted by atomic mass is 10.1. The third kappa shape index (κ3) is 3.37. The molecule has 0 unspecified atom stereocenters. The Morgan fingerprint density at radius 3 is 2.91 bits per heavy atom. The molecule has 2 aromatic rings. The maximum Gasteiger partial charge on any atom is 0.262 e. The topological polar surface area (TPSA) is 81.4 Å². The molecule has 1 aliphatic rings. The van der Waals surface area contributed by atoms with Gasteiger partial charge in [0.1, 0.15) is 10.8 Å². The number of amides is 2. The van der Waals surface area contributed by atoms with Gasteiger partial charge in [0.2, 0.25) is 0 Å². The van der Waals surface area contributed by atoms with Crippen LogP contribution in [0.15, 0.2) is 24.3 Å². The van der Waals surface area contributed by atoms with Crippen LogP contribution in [0.2, 0.25) is 0 Å². The van der Waals surface area contributed by atoms with Crippen LogP contribution >= 0.6 is 11.3 Å². The third-order valence-electron chi connectivity index (χ3n) is 3.78. The Morgan fingerprint density at radius 1 is 1.35 bits per heavy atom. The van der Waals surface area contributed by atoms with Crippen molar-refractivity contribution in [2.45, 2.75) is 26.2 Å². The average molecular weight is 330 g/mol. The second-order valence-corrected chi connectivity index (χ2v) is 6.68. The van der Waals surface area contributed by atoms with Gasteiger partial charge in [0, 0.05) is 4.88 Å². The highest BCUT2D eigenvalue weighted by Gasteiger charge is 2.26. The molecule has 1 aromatic heterocycles. The molecule has 0 saturated carbocycles. The first-order valence-electron chi connectivity index (χ1n) is 7.48. The fourth-order valence-corrected chi connectivity index (χ4v) is 4.08. The summed E-state index contributed by atoms with van der Waals surface area (Å²) < 4.78 is 5.47. The van der Waals surface area contributed by atoms with Gasteiger partial charge in [0.15, 0.2) is 6.61 Å². The number of primary amides is 1. The number of ether oxygens (including phenoxy) is 1. The summed E-state index contributed by atoms with van der Waals surface area (Å²) in [5, 5.41) is 3.30. The fraction of sp³-hybridized carbons (Fsp3) is 0.294. The fourth-order valence-electron chi connectivity index (χ4n) is 2.77. The molecule has 0 spiro atoms. The zero-order chi connectivity index (χ0) is 16.4. The van der Waals surface area contributed by atoms with Crippen molar-refractivity contribution in [3.05, 3.63) is 45.8 Å². The van der Waals surface area contributed by atoms with E-state index in [0.29, 0.717) is 16.3 Å². The van der Waals surface area contributed by atoms with Gasteiger partial charge in [0.05, 0.1) is 5.56 Å². The Morgan fingerprint density at radius 2 is 2.17 bits per heavy atom. The smallest absolute Gasteiger partial charge is 0.262 e. The Kier molecular flexibility index (Phi) is 4.34. The molecular formula is C17H18N2O3S. The van der Waals surface area contributed by atoms with E-state index in [1.165, 1.54) is 11.3 Å². The van der Waals surface area contributed by atoms with E-state index in [9.17, 15) is 9.59 Å². The summed E-state index contributed by atoms with van der Waals surface area (Å²) in [6.07, 6.45) is 2.82. The number of carbonyl (C=O) groups is 2. The molecule has 0 saturated heterocycles. The number of nitrogens with two attached hydrogens (primary N) is 1. The van der Waals surface area contributed by atoms with Gasteiger partial charge in [-0.3, -0.25) is 9.59 Å². The quantitative estimate of drug-likeness (QED) is 0.884. The lowest BCUT2D eigenvalue weighted by Gasteiger charge is -2.08. The van der Waals surface area contributed by atoms with Crippen molar-refractivity contribution in [3.8, 4) is 5.75 Å². The zero-order valence-electron chi connectivity index (χ0n) is 12.8. The molecule has 1 aromatic carbocycles. The van der Waals surface area contributed by atoms with E-state index in [-0.39, 0.29) is 12.5 Å². The standard InChI is InChI=1S/C17H18N2O3S/c1-10-4-2-5-11(8-10)22-9-14(20)19-17-15(16(18)21)12-6-3-7-13(12)23-17/h2,4-5,8H,3,6-7,9H2,1H3,(H2,18,21)(H,19,20). The van der Waals surface area contributed by atoms with Gasteiger partial charge >= 0.3 is 0 Å². The number of carbonyl (C=O) groups excluding carboxylic acids is 2. The van der Waals surface area contributed by atoms with Crippen LogP contribution in [-0.2, 0) is 17.6 Å². The minimum atomic E-state index is -0.487. The highest BCUT2D eigenvalue weighted by atomic mass is 32.1. The van der Waals surface area contributed by atoms with Gasteiger partial charge in [-0.05, 0) is 49.4 Å². The Bertz CT molecular complexity index is 767. The maximum absolute atomic E-state index is 12.1. The van der Waals surface area contributed by atoms with Crippen molar-refractivity contribution in [2.24, 2.45) is 5.73 Å². The number of aryl methyl sites for hydroxylation is 2. The van der Waals surface area contributed by atoms with Gasteiger partial charge in [-0.1, -0.05) is 12.1 Å². The second-order valence-electron chi connectivity index (χ2n) is 5.58. The molecule has 0 bridgehead atoms. The minimum absolute atomic E-state index is 0.107. The first-order chi connectivity index (χ1) is 11.0. The maximum atomic E-state index is 12.1. The molecule has 120 valence electrons. The Hall–Kier alpha value is -2.34. The van der Waals surface area contributed by atoms with Gasteiger partial charge in [-0.15, -0.1) is 11.3 Å². The number of thiophene rings is 1. The van der Waals surface area contributed by atoms with Crippen LogP contribution < -0.4 is 15.8 Å². The van der Waals surface area contributed by atoms with E-state index in [0.717, 1.165) is 35.3 Å². The second kappa shape index (κ2) is 6.42. The zero-order valence-corrected chi connectivity index (χ0v) is 13.7. The Labute approximate surface area is 138 Å². The minimum Gasteiger partial charge on any atom is -0.484 e. The summed E-state index contributed by atoms with van der Waals surface area (Å²) in [5.41, 5.74) is 8.00. The highest BCUT2D eigenvalue weighted by molar-refractivity contribution is 7.17. The van der Waals surface area contributed by atoms with Crippen LogP contribution in [0.25, 0.3) is 0 Å². The molecule has 3 rings (SSSR count). The lowest BCUT2D eigenvalue weighted by Crippen LogP contribution is -2.22. The number of hydrogen-bond acceptors (Lipinski definition) is 4. The predicted molar refractivity (Wildman–Crippen MR) is 90.2 cm³/mol. The molecule has 2 amide bonds. The van der Waals surface area contributed by atoms with Crippen LogP contribution in [0.1, 0.15) is 32.8 Å². The van der Waals surface area contributed by atoms with E-state index in [2.05, 4.69) is 5.32 Å². The van der Waals surface area contributed by atoms with Crippen LogP contribution in [-0.4, -0.2) is 18.4 Å². The van der Waals surface area contributed by atoms with Crippen molar-refractivity contribution in [3.63, 3.8) is 0 Å². The largest absolute Gasteiger partial charge is 0.484 e. The number of anilines is 1. The van der Waals surface area contributed by atoms with Crippen LogP contribution in [0.4, 0.5) is 5.00 Å². The third-order valence-corrected chi connectivity index (χ3v) is 4.99. The predicted octanol–water partition coefficient (Wildman–Crippen LogP) is 2.66. The first kappa shape index (κ1) is 15.6. The van der Waals surface area contributed by atoms with E-state index in [1.54, 1.807) is 6.07 Å². The van der Waals surface area contributed by atoms with Crippen LogP contribution in [0, 0.1) is 6.92 Å². The molecule has 5 nitrogen and oxygen atoms in total. The lowest BCUT2D eigenvalue weighted by molar-refractivity contribution is -0.118. The molecule has 0 radical (unpaired) electrons. The van der Waals surface area contributed by atoms with Crippen LogP contribution in [0.5, 0.6) is 5.75 Å². The summed E-state index contributed by atoms with van der Waals surface area (Å²) in [6.45, 7) is 1.85. The molecule has 1 heterocycles. The van der Waals surface area contributed by atoms with Crippen molar-refractivity contribution < 1.29 is 14.3 Å². The summed E-state index contributed by atoms with van der Waals surface area (Å²) >= 11 is 1.44. The van der Waals surface area contributed by atoms with Crippen molar-refractivity contribution in [1.82, 2.24) is 0 Å². The van der Waals surface area contributed by atoms with Gasteiger partial charge in [-0.25, -0.2) is 0 Å². The SMILES string of the molecule is Cc1cccc(OCC(=O)Nc2sc3c(c2C(N)=O)CCC3)c1. The number of rotatable bonds is 5. The molecule has 0 atom stereocenters. The molecule has 23 heavy (non-hydrogen) atoms. The summed E-state index contributed by atoms with van der Waals surface area (Å²) in [7, 11) is 0. The van der Waals surface area contributed by atoms with E-state index in [4.69, 9.17) is 10.5 Å². The molecule has 3 N–H and O–H groups in total. The molecule has 0 fully saturated rings. The number of fused-ring (bicyclic) bond motifs is 1. The van der Waals surface area contributed by atoms with Gasteiger partial charge < -0.3 is 15.8 Å². The number of hydrogen-bond donors (Lipinski definition) is 2. The van der Waals surface area contributed by atoms with Gasteiger partial charge in [-0.2, -0.15) is 0 Å². The van der Waals surface area contributed by atoms with E-state index >= 15 is 0 Å². The molecule has 0 aliphatic heterocycles. The van der Waals surface area contributed by atoms with E-state index in [1.807, 2.05) is 25.1 Å². The molecule has 1 aliphatic carbocycles. The number of nitrogens with one attached hydrogen (secondary N) is 1. The van der Waals surface area contributed by atoms with Gasteiger partial charge in [0.25, 0.3) is 11.8 Å². The summed E-state index contributed by atoms with van der Waals surface area (Å²) in [6, 6.07) is 7.49. The van der Waals surface area contributed by atoms with Crippen molar-refractivity contribution in [2.75, 3.05) is 11.9 Å². The van der Waals surface area contributed by atoms with Crippen LogP contribution in [0.3, 0.4) is 0 Å².